The Hall–Kier alpha value is -1.72. The molecule has 0 bridgehead atoms. The summed E-state index contributed by atoms with van der Waals surface area (Å²) >= 11 is 8.95. The zero-order chi connectivity index (χ0) is 14.8. The molecule has 0 unspecified atom stereocenters. The summed E-state index contributed by atoms with van der Waals surface area (Å²) in [5.41, 5.74) is 3.33. The summed E-state index contributed by atoms with van der Waals surface area (Å²) in [7, 11) is 0. The highest BCUT2D eigenvalue weighted by atomic mass is 79.9. The van der Waals surface area contributed by atoms with Crippen LogP contribution >= 0.6 is 28.1 Å². The van der Waals surface area contributed by atoms with Gasteiger partial charge in [-0.05, 0) is 42.4 Å². The molecule has 1 aromatic heterocycles. The van der Waals surface area contributed by atoms with Crippen LogP contribution in [-0.4, -0.2) is 14.8 Å². The van der Waals surface area contributed by atoms with Crippen LogP contribution in [0.15, 0.2) is 53.0 Å². The van der Waals surface area contributed by atoms with Crippen LogP contribution in [-0.2, 0) is 6.42 Å². The van der Waals surface area contributed by atoms with E-state index in [1.165, 1.54) is 5.56 Å². The van der Waals surface area contributed by atoms with Gasteiger partial charge in [-0.25, -0.2) is 0 Å². The van der Waals surface area contributed by atoms with E-state index in [0.717, 1.165) is 28.0 Å². The summed E-state index contributed by atoms with van der Waals surface area (Å²) in [6.45, 7) is 2.14. The van der Waals surface area contributed by atoms with E-state index < -0.39 is 0 Å². The van der Waals surface area contributed by atoms with E-state index in [2.05, 4.69) is 45.2 Å². The molecule has 2 aromatic carbocycles. The lowest BCUT2D eigenvalue weighted by Crippen LogP contribution is -2.01. The summed E-state index contributed by atoms with van der Waals surface area (Å²) in [6, 6.07) is 16.3. The molecular weight excluding hydrogens is 346 g/mol. The molecule has 3 nitrogen and oxygen atoms in total. The monoisotopic (exact) mass is 359 g/mol. The van der Waals surface area contributed by atoms with E-state index in [4.69, 9.17) is 12.2 Å². The molecule has 1 heterocycles. The number of rotatable bonds is 3. The Kier molecular flexibility index (Phi) is 4.03. The van der Waals surface area contributed by atoms with Gasteiger partial charge < -0.3 is 0 Å². The molecule has 0 amide bonds. The molecule has 3 aromatic rings. The van der Waals surface area contributed by atoms with Crippen molar-refractivity contribution in [2.45, 2.75) is 13.3 Å². The smallest absolute Gasteiger partial charge is 0.200 e. The lowest BCUT2D eigenvalue weighted by atomic mass is 10.1. The molecular formula is C16H14BrN3S. The number of aryl methyl sites for hydroxylation is 1. The minimum atomic E-state index is 0.603. The number of aromatic nitrogens is 3. The van der Waals surface area contributed by atoms with Gasteiger partial charge >= 0.3 is 0 Å². The first-order valence-electron chi connectivity index (χ1n) is 6.72. The highest BCUT2D eigenvalue weighted by Crippen LogP contribution is 2.26. The Bertz CT molecular complexity index is 821. The summed E-state index contributed by atoms with van der Waals surface area (Å²) < 4.78 is 3.67. The van der Waals surface area contributed by atoms with Crippen LogP contribution in [0.1, 0.15) is 12.5 Å². The molecule has 0 radical (unpaired) electrons. The van der Waals surface area contributed by atoms with Crippen LogP contribution in [0, 0.1) is 4.77 Å². The van der Waals surface area contributed by atoms with Gasteiger partial charge in [0.15, 0.2) is 10.6 Å². The fourth-order valence-corrected chi connectivity index (χ4v) is 3.00. The predicted octanol–water partition coefficient (Wildman–Crippen LogP) is 4.92. The Morgan fingerprint density at radius 3 is 2.67 bits per heavy atom. The predicted molar refractivity (Wildman–Crippen MR) is 91.3 cm³/mol. The largest absolute Gasteiger partial charge is 0.268 e. The second kappa shape index (κ2) is 5.95. The fraction of sp³-hybridized carbons (Fsp3) is 0.125. The average Bonchev–Trinajstić information content (AvgIpc) is 2.89. The van der Waals surface area contributed by atoms with Crippen LogP contribution < -0.4 is 0 Å². The van der Waals surface area contributed by atoms with Crippen molar-refractivity contribution >= 4 is 28.1 Å². The molecule has 5 heteroatoms. The molecule has 0 atom stereocenters. The first kappa shape index (κ1) is 14.2. The molecule has 0 aliphatic heterocycles. The van der Waals surface area contributed by atoms with Gasteiger partial charge in [-0.2, -0.15) is 5.10 Å². The van der Waals surface area contributed by atoms with E-state index >= 15 is 0 Å². The Balaban J connectivity index is 2.25. The van der Waals surface area contributed by atoms with E-state index in [0.29, 0.717) is 4.77 Å². The third kappa shape index (κ3) is 2.71. The number of hydrogen-bond donors (Lipinski definition) is 1. The number of H-pyrrole nitrogens is 1. The number of hydrogen-bond acceptors (Lipinski definition) is 2. The van der Waals surface area contributed by atoms with E-state index in [9.17, 15) is 0 Å². The molecule has 1 N–H and O–H groups in total. The topological polar surface area (TPSA) is 33.6 Å². The Labute approximate surface area is 136 Å². The van der Waals surface area contributed by atoms with Crippen LogP contribution in [0.5, 0.6) is 0 Å². The average molecular weight is 360 g/mol. The SMILES string of the molecule is CCc1cc(Br)ccc1-n1c(-c2ccccc2)n[nH]c1=S. The molecule has 0 saturated heterocycles. The van der Waals surface area contributed by atoms with Crippen molar-refractivity contribution in [3.05, 3.63) is 63.3 Å². The third-order valence-electron chi connectivity index (χ3n) is 3.37. The van der Waals surface area contributed by atoms with Gasteiger partial charge in [0.2, 0.25) is 0 Å². The standard InChI is InChI=1S/C16H14BrN3S/c1-2-11-10-13(17)8-9-14(11)20-15(18-19-16(20)21)12-6-4-3-5-7-12/h3-10H,2H2,1H3,(H,19,21). The molecule has 0 fully saturated rings. The minimum Gasteiger partial charge on any atom is -0.268 e. The number of halogens is 1. The van der Waals surface area contributed by atoms with Crippen LogP contribution in [0.3, 0.4) is 0 Å². The molecule has 3 rings (SSSR count). The van der Waals surface area contributed by atoms with Gasteiger partial charge in [-0.3, -0.25) is 9.67 Å². The Morgan fingerprint density at radius 2 is 1.95 bits per heavy atom. The normalized spacial score (nSPS) is 10.8. The van der Waals surface area contributed by atoms with Gasteiger partial charge in [0.05, 0.1) is 5.69 Å². The maximum absolute atomic E-state index is 5.43. The summed E-state index contributed by atoms with van der Waals surface area (Å²) in [6.07, 6.45) is 0.927. The van der Waals surface area contributed by atoms with Crippen molar-refractivity contribution in [2.75, 3.05) is 0 Å². The zero-order valence-electron chi connectivity index (χ0n) is 11.5. The van der Waals surface area contributed by atoms with Gasteiger partial charge in [0, 0.05) is 10.0 Å². The molecule has 0 spiro atoms. The maximum Gasteiger partial charge on any atom is 0.200 e. The molecule has 21 heavy (non-hydrogen) atoms. The number of nitrogens with one attached hydrogen (secondary N) is 1. The number of aromatic amines is 1. The van der Waals surface area contributed by atoms with E-state index in [1.807, 2.05) is 41.0 Å². The van der Waals surface area contributed by atoms with Crippen molar-refractivity contribution in [1.29, 1.82) is 0 Å². The van der Waals surface area contributed by atoms with Gasteiger partial charge in [-0.15, -0.1) is 0 Å². The third-order valence-corrected chi connectivity index (χ3v) is 4.13. The lowest BCUT2D eigenvalue weighted by molar-refractivity contribution is 0.990. The van der Waals surface area contributed by atoms with Crippen molar-refractivity contribution in [3.8, 4) is 17.1 Å². The highest BCUT2D eigenvalue weighted by Gasteiger charge is 2.13. The van der Waals surface area contributed by atoms with Crippen molar-refractivity contribution in [1.82, 2.24) is 14.8 Å². The molecule has 0 saturated carbocycles. The minimum absolute atomic E-state index is 0.603. The molecule has 106 valence electrons. The Morgan fingerprint density at radius 1 is 1.19 bits per heavy atom. The van der Waals surface area contributed by atoms with Crippen molar-refractivity contribution < 1.29 is 0 Å². The van der Waals surface area contributed by atoms with Crippen molar-refractivity contribution in [3.63, 3.8) is 0 Å². The second-order valence-electron chi connectivity index (χ2n) is 4.68. The van der Waals surface area contributed by atoms with Crippen LogP contribution in [0.25, 0.3) is 17.1 Å². The maximum atomic E-state index is 5.43. The quantitative estimate of drug-likeness (QED) is 0.673. The summed E-state index contributed by atoms with van der Waals surface area (Å²) in [5, 5.41) is 7.30. The van der Waals surface area contributed by atoms with Crippen LogP contribution in [0.2, 0.25) is 0 Å². The van der Waals surface area contributed by atoms with Gasteiger partial charge in [-0.1, -0.05) is 53.2 Å². The zero-order valence-corrected chi connectivity index (χ0v) is 13.9. The first-order valence-corrected chi connectivity index (χ1v) is 7.92. The van der Waals surface area contributed by atoms with E-state index in [-0.39, 0.29) is 0 Å². The molecule has 0 aliphatic rings. The number of nitrogens with zero attached hydrogens (tertiary/aromatic N) is 2. The van der Waals surface area contributed by atoms with Crippen molar-refractivity contribution in [2.24, 2.45) is 0 Å². The van der Waals surface area contributed by atoms with Gasteiger partial charge in [0.25, 0.3) is 0 Å². The summed E-state index contributed by atoms with van der Waals surface area (Å²) in [4.78, 5) is 0. The van der Waals surface area contributed by atoms with Gasteiger partial charge in [0.1, 0.15) is 0 Å². The summed E-state index contributed by atoms with van der Waals surface area (Å²) in [5.74, 6) is 0.831. The molecule has 0 aliphatic carbocycles. The number of benzene rings is 2. The first-order chi connectivity index (χ1) is 10.2. The fourth-order valence-electron chi connectivity index (χ4n) is 2.36. The van der Waals surface area contributed by atoms with E-state index in [1.54, 1.807) is 0 Å². The second-order valence-corrected chi connectivity index (χ2v) is 5.98. The highest BCUT2D eigenvalue weighted by molar-refractivity contribution is 9.10. The lowest BCUT2D eigenvalue weighted by Gasteiger charge is -2.12. The van der Waals surface area contributed by atoms with Crippen LogP contribution in [0.4, 0.5) is 0 Å².